The summed E-state index contributed by atoms with van der Waals surface area (Å²) in [5, 5.41) is 0. The summed E-state index contributed by atoms with van der Waals surface area (Å²) in [4.78, 5) is 37.9. The van der Waals surface area contributed by atoms with Gasteiger partial charge in [-0.3, -0.25) is 14.4 Å². The standard InChI is InChI=1S/C15H27N3O6/c19-13-16-1-3-17(14-20)5-7-22-9-11-24-12-10-23-8-6-18(15-21)4-2-16/h13-15H,1-12H2. The molecule has 3 amide bonds. The number of carbonyl (C=O) groups excluding carboxylic acids is 3. The maximum Gasteiger partial charge on any atom is 0.209 e. The van der Waals surface area contributed by atoms with E-state index in [1.54, 1.807) is 14.7 Å². The van der Waals surface area contributed by atoms with Crippen molar-refractivity contribution < 1.29 is 28.6 Å². The van der Waals surface area contributed by atoms with Crippen molar-refractivity contribution in [3.8, 4) is 0 Å². The molecular weight excluding hydrogens is 318 g/mol. The van der Waals surface area contributed by atoms with Gasteiger partial charge in [-0.1, -0.05) is 0 Å². The predicted molar refractivity (Wildman–Crippen MR) is 85.4 cm³/mol. The fraction of sp³-hybridized carbons (Fsp3) is 0.800. The SMILES string of the molecule is O=CN1CCOCCOCCOCCN(C=O)CCN(C=O)CC1. The number of rotatable bonds is 3. The van der Waals surface area contributed by atoms with Gasteiger partial charge in [-0.2, -0.15) is 0 Å². The molecule has 0 radical (unpaired) electrons. The number of ether oxygens (including phenoxy) is 3. The minimum Gasteiger partial charge on any atom is -0.377 e. The van der Waals surface area contributed by atoms with Gasteiger partial charge in [-0.25, -0.2) is 0 Å². The quantitative estimate of drug-likeness (QED) is 0.574. The van der Waals surface area contributed by atoms with Crippen molar-refractivity contribution in [2.75, 3.05) is 78.9 Å². The Bertz CT molecular complexity index is 330. The first-order chi connectivity index (χ1) is 11.8. The monoisotopic (exact) mass is 345 g/mol. The molecule has 1 saturated heterocycles. The van der Waals surface area contributed by atoms with Crippen LogP contribution in [0.2, 0.25) is 0 Å². The molecule has 0 saturated carbocycles. The molecule has 0 spiro atoms. The van der Waals surface area contributed by atoms with Crippen LogP contribution in [0.3, 0.4) is 0 Å². The first-order valence-electron chi connectivity index (χ1n) is 8.11. The van der Waals surface area contributed by atoms with Crippen LogP contribution in [0.4, 0.5) is 0 Å². The average molecular weight is 345 g/mol. The Morgan fingerprint density at radius 2 is 0.750 bits per heavy atom. The Labute approximate surface area is 142 Å². The van der Waals surface area contributed by atoms with Gasteiger partial charge in [-0.15, -0.1) is 0 Å². The molecule has 9 heteroatoms. The van der Waals surface area contributed by atoms with Crippen molar-refractivity contribution in [1.29, 1.82) is 0 Å². The smallest absolute Gasteiger partial charge is 0.209 e. The molecule has 1 aliphatic rings. The van der Waals surface area contributed by atoms with Crippen molar-refractivity contribution >= 4 is 19.2 Å². The second kappa shape index (κ2) is 13.7. The molecule has 0 aromatic heterocycles. The molecule has 9 nitrogen and oxygen atoms in total. The third-order valence-corrected chi connectivity index (χ3v) is 3.59. The molecule has 0 N–H and O–H groups in total. The van der Waals surface area contributed by atoms with Gasteiger partial charge < -0.3 is 28.9 Å². The zero-order chi connectivity index (χ0) is 17.5. The van der Waals surface area contributed by atoms with Crippen LogP contribution in [0.1, 0.15) is 0 Å². The van der Waals surface area contributed by atoms with Crippen LogP contribution in [0, 0.1) is 0 Å². The number of amides is 3. The summed E-state index contributed by atoms with van der Waals surface area (Å²) in [6.45, 7) is 5.24. The van der Waals surface area contributed by atoms with E-state index in [4.69, 9.17) is 14.2 Å². The van der Waals surface area contributed by atoms with E-state index in [9.17, 15) is 14.4 Å². The molecule has 1 heterocycles. The minimum atomic E-state index is 0.411. The highest BCUT2D eigenvalue weighted by Crippen LogP contribution is 1.93. The lowest BCUT2D eigenvalue weighted by Gasteiger charge is -2.25. The number of hydrogen-bond donors (Lipinski definition) is 0. The highest BCUT2D eigenvalue weighted by Gasteiger charge is 2.09. The molecule has 1 aliphatic heterocycles. The van der Waals surface area contributed by atoms with E-state index in [2.05, 4.69) is 0 Å². The zero-order valence-electron chi connectivity index (χ0n) is 14.0. The maximum atomic E-state index is 11.1. The summed E-state index contributed by atoms with van der Waals surface area (Å²) in [6, 6.07) is 0. The number of hydrogen-bond acceptors (Lipinski definition) is 6. The van der Waals surface area contributed by atoms with Gasteiger partial charge in [0.25, 0.3) is 0 Å². The third kappa shape index (κ3) is 9.43. The second-order valence-corrected chi connectivity index (χ2v) is 5.26. The van der Waals surface area contributed by atoms with Gasteiger partial charge in [0.2, 0.25) is 19.2 Å². The molecule has 0 aromatic rings. The molecule has 1 fully saturated rings. The van der Waals surface area contributed by atoms with Crippen LogP contribution >= 0.6 is 0 Å². The lowest BCUT2D eigenvalue weighted by molar-refractivity contribution is -0.123. The Kier molecular flexibility index (Phi) is 11.6. The van der Waals surface area contributed by atoms with Crippen molar-refractivity contribution in [2.45, 2.75) is 0 Å². The largest absolute Gasteiger partial charge is 0.377 e. The van der Waals surface area contributed by atoms with Crippen LogP contribution in [-0.2, 0) is 28.6 Å². The van der Waals surface area contributed by atoms with Crippen LogP contribution in [-0.4, -0.2) is 113 Å². The van der Waals surface area contributed by atoms with Crippen LogP contribution < -0.4 is 0 Å². The van der Waals surface area contributed by atoms with E-state index >= 15 is 0 Å². The Morgan fingerprint density at radius 3 is 1.08 bits per heavy atom. The summed E-state index contributed by atoms with van der Waals surface area (Å²) >= 11 is 0. The number of carbonyl (C=O) groups is 3. The van der Waals surface area contributed by atoms with E-state index in [-0.39, 0.29) is 0 Å². The highest BCUT2D eigenvalue weighted by molar-refractivity contribution is 5.49. The first kappa shape index (κ1) is 20.3. The van der Waals surface area contributed by atoms with Gasteiger partial charge in [0.15, 0.2) is 0 Å². The Balaban J connectivity index is 2.48. The molecule has 0 bridgehead atoms. The highest BCUT2D eigenvalue weighted by atomic mass is 16.5. The topological polar surface area (TPSA) is 88.6 Å². The van der Waals surface area contributed by atoms with E-state index < -0.39 is 0 Å². The maximum absolute atomic E-state index is 11.1. The van der Waals surface area contributed by atoms with Gasteiger partial charge in [-0.05, 0) is 0 Å². The second-order valence-electron chi connectivity index (χ2n) is 5.26. The fourth-order valence-electron chi connectivity index (χ4n) is 2.07. The van der Waals surface area contributed by atoms with Crippen LogP contribution in [0.5, 0.6) is 0 Å². The molecule has 138 valence electrons. The molecule has 0 aliphatic carbocycles. The van der Waals surface area contributed by atoms with Crippen molar-refractivity contribution in [2.24, 2.45) is 0 Å². The minimum absolute atomic E-state index is 0.411. The van der Waals surface area contributed by atoms with E-state index in [0.717, 1.165) is 19.2 Å². The third-order valence-electron chi connectivity index (χ3n) is 3.59. The van der Waals surface area contributed by atoms with Gasteiger partial charge in [0.05, 0.1) is 39.6 Å². The summed E-state index contributed by atoms with van der Waals surface area (Å²) in [5.41, 5.74) is 0. The molecule has 0 unspecified atom stereocenters. The average Bonchev–Trinajstić information content (AvgIpc) is 2.61. The van der Waals surface area contributed by atoms with Gasteiger partial charge in [0.1, 0.15) is 0 Å². The lowest BCUT2D eigenvalue weighted by Crippen LogP contribution is -2.40. The number of nitrogens with zero attached hydrogens (tertiary/aromatic N) is 3. The fourth-order valence-corrected chi connectivity index (χ4v) is 2.07. The van der Waals surface area contributed by atoms with Crippen LogP contribution in [0.15, 0.2) is 0 Å². The van der Waals surface area contributed by atoms with Crippen molar-refractivity contribution in [3.63, 3.8) is 0 Å². The van der Waals surface area contributed by atoms with E-state index in [1.165, 1.54) is 0 Å². The van der Waals surface area contributed by atoms with E-state index in [0.29, 0.717) is 78.9 Å². The predicted octanol–water partition coefficient (Wildman–Crippen LogP) is -1.57. The zero-order valence-corrected chi connectivity index (χ0v) is 14.0. The Hall–Kier alpha value is -1.71. The van der Waals surface area contributed by atoms with Crippen molar-refractivity contribution in [1.82, 2.24) is 14.7 Å². The molecule has 0 atom stereocenters. The van der Waals surface area contributed by atoms with Gasteiger partial charge in [0, 0.05) is 39.3 Å². The van der Waals surface area contributed by atoms with Crippen LogP contribution in [0.25, 0.3) is 0 Å². The molecule has 1 rings (SSSR count). The molecule has 0 aromatic carbocycles. The summed E-state index contributed by atoms with van der Waals surface area (Å²) in [6.07, 6.45) is 2.22. The first-order valence-corrected chi connectivity index (χ1v) is 8.11. The van der Waals surface area contributed by atoms with Crippen molar-refractivity contribution in [3.05, 3.63) is 0 Å². The molecule has 24 heavy (non-hydrogen) atoms. The molecular formula is C15H27N3O6. The summed E-state index contributed by atoms with van der Waals surface area (Å²) in [5.74, 6) is 0. The normalized spacial score (nSPS) is 20.8. The summed E-state index contributed by atoms with van der Waals surface area (Å²) < 4.78 is 16.1. The summed E-state index contributed by atoms with van der Waals surface area (Å²) in [7, 11) is 0. The lowest BCUT2D eigenvalue weighted by atomic mass is 10.4. The Morgan fingerprint density at radius 1 is 0.458 bits per heavy atom. The van der Waals surface area contributed by atoms with Gasteiger partial charge >= 0.3 is 0 Å². The van der Waals surface area contributed by atoms with E-state index in [1.807, 2.05) is 0 Å².